The van der Waals surface area contributed by atoms with Crippen LogP contribution in [0.5, 0.6) is 0 Å². The van der Waals surface area contributed by atoms with E-state index in [0.717, 1.165) is 6.07 Å². The fraction of sp³-hybridized carbons (Fsp3) is 0.222. The molecule has 0 aliphatic carbocycles. The van der Waals surface area contributed by atoms with Gasteiger partial charge in [-0.15, -0.1) is 0 Å². The molecule has 3 rings (SSSR count). The highest BCUT2D eigenvalue weighted by atomic mass is 35.5. The summed E-state index contributed by atoms with van der Waals surface area (Å²) in [4.78, 5) is 38.0. The number of nitro groups is 1. The molecule has 0 bridgehead atoms. The number of hydrogen-bond donors (Lipinski definition) is 1. The average molecular weight is 407 g/mol. The third kappa shape index (κ3) is 4.20. The van der Waals surface area contributed by atoms with Crippen molar-refractivity contribution >= 4 is 40.5 Å². The molecule has 0 saturated carbocycles. The number of amides is 2. The number of para-hydroxylation sites is 1. The highest BCUT2D eigenvalue weighted by Gasteiger charge is 2.27. The Morgan fingerprint density at radius 2 is 1.79 bits per heavy atom. The SMILES string of the molecule is O=C(Nc1ccc(Cl)c([N+](=O)[O-])c1)C(=O)N1CCN(c2ccccc2F)CC1. The zero-order valence-electron chi connectivity index (χ0n) is 14.6. The second-order valence-corrected chi connectivity index (χ2v) is 6.52. The van der Waals surface area contributed by atoms with Crippen molar-refractivity contribution in [1.82, 2.24) is 4.90 Å². The van der Waals surface area contributed by atoms with Gasteiger partial charge in [0.15, 0.2) is 0 Å². The third-order valence-electron chi connectivity index (χ3n) is 4.35. The maximum atomic E-state index is 13.9. The van der Waals surface area contributed by atoms with Crippen molar-refractivity contribution in [2.75, 3.05) is 36.4 Å². The highest BCUT2D eigenvalue weighted by Crippen LogP contribution is 2.27. The summed E-state index contributed by atoms with van der Waals surface area (Å²) < 4.78 is 13.9. The Hall–Kier alpha value is -3.20. The number of carbonyl (C=O) groups excluding carboxylic acids is 2. The lowest BCUT2D eigenvalue weighted by Crippen LogP contribution is -2.51. The van der Waals surface area contributed by atoms with E-state index >= 15 is 0 Å². The zero-order chi connectivity index (χ0) is 20.3. The Morgan fingerprint density at radius 1 is 1.11 bits per heavy atom. The number of nitrogens with zero attached hydrogens (tertiary/aromatic N) is 3. The number of benzene rings is 2. The monoisotopic (exact) mass is 406 g/mol. The minimum atomic E-state index is -0.907. The summed E-state index contributed by atoms with van der Waals surface area (Å²) in [6.45, 7) is 1.27. The van der Waals surface area contributed by atoms with Gasteiger partial charge >= 0.3 is 11.8 Å². The summed E-state index contributed by atoms with van der Waals surface area (Å²) in [5.74, 6) is -2.01. The molecule has 0 aromatic heterocycles. The number of piperazine rings is 1. The number of rotatable bonds is 3. The summed E-state index contributed by atoms with van der Waals surface area (Å²) in [6.07, 6.45) is 0. The van der Waals surface area contributed by atoms with Crippen molar-refractivity contribution in [3.8, 4) is 0 Å². The zero-order valence-corrected chi connectivity index (χ0v) is 15.4. The number of carbonyl (C=O) groups is 2. The topological polar surface area (TPSA) is 95.8 Å². The van der Waals surface area contributed by atoms with Gasteiger partial charge in [0.25, 0.3) is 5.69 Å². The van der Waals surface area contributed by atoms with Gasteiger partial charge in [-0.25, -0.2) is 4.39 Å². The number of nitrogens with one attached hydrogen (secondary N) is 1. The van der Waals surface area contributed by atoms with Crippen molar-refractivity contribution in [2.45, 2.75) is 0 Å². The molecule has 1 heterocycles. The highest BCUT2D eigenvalue weighted by molar-refractivity contribution is 6.39. The van der Waals surface area contributed by atoms with E-state index in [-0.39, 0.29) is 35.3 Å². The van der Waals surface area contributed by atoms with Gasteiger partial charge < -0.3 is 15.1 Å². The molecule has 2 amide bonds. The normalized spacial score (nSPS) is 13.9. The van der Waals surface area contributed by atoms with E-state index < -0.39 is 16.7 Å². The smallest absolute Gasteiger partial charge is 0.313 e. The first kappa shape index (κ1) is 19.6. The molecule has 10 heteroatoms. The van der Waals surface area contributed by atoms with Gasteiger partial charge in [0.1, 0.15) is 10.8 Å². The number of nitro benzene ring substituents is 1. The van der Waals surface area contributed by atoms with E-state index in [0.29, 0.717) is 18.8 Å². The van der Waals surface area contributed by atoms with Crippen molar-refractivity contribution in [1.29, 1.82) is 0 Å². The Kier molecular flexibility index (Phi) is 5.74. The van der Waals surface area contributed by atoms with Gasteiger partial charge in [-0.2, -0.15) is 0 Å². The number of hydrogen-bond acceptors (Lipinski definition) is 5. The van der Waals surface area contributed by atoms with E-state index in [9.17, 15) is 24.1 Å². The van der Waals surface area contributed by atoms with Crippen LogP contribution in [0.25, 0.3) is 0 Å². The van der Waals surface area contributed by atoms with E-state index in [2.05, 4.69) is 5.32 Å². The largest absolute Gasteiger partial charge is 0.366 e. The molecule has 1 N–H and O–H groups in total. The summed E-state index contributed by atoms with van der Waals surface area (Å²) >= 11 is 5.73. The fourth-order valence-corrected chi connectivity index (χ4v) is 3.10. The van der Waals surface area contributed by atoms with Gasteiger partial charge in [0, 0.05) is 37.9 Å². The molecular weight excluding hydrogens is 391 g/mol. The van der Waals surface area contributed by atoms with E-state index in [4.69, 9.17) is 11.6 Å². The molecule has 8 nitrogen and oxygen atoms in total. The maximum absolute atomic E-state index is 13.9. The van der Waals surface area contributed by atoms with Gasteiger partial charge in [-0.1, -0.05) is 23.7 Å². The molecule has 1 fully saturated rings. The predicted octanol–water partition coefficient (Wildman–Crippen LogP) is 2.67. The summed E-state index contributed by atoms with van der Waals surface area (Å²) in [5, 5.41) is 13.2. The van der Waals surface area contributed by atoms with Crippen LogP contribution < -0.4 is 10.2 Å². The molecule has 1 aliphatic heterocycles. The molecule has 2 aromatic carbocycles. The van der Waals surface area contributed by atoms with Crippen molar-refractivity contribution in [3.05, 3.63) is 63.4 Å². The van der Waals surface area contributed by atoms with Gasteiger partial charge in [0.2, 0.25) is 0 Å². The first-order valence-electron chi connectivity index (χ1n) is 8.40. The molecule has 2 aromatic rings. The lowest BCUT2D eigenvalue weighted by Gasteiger charge is -2.35. The van der Waals surface area contributed by atoms with Gasteiger partial charge in [-0.3, -0.25) is 19.7 Å². The van der Waals surface area contributed by atoms with Crippen molar-refractivity contribution < 1.29 is 18.9 Å². The van der Waals surface area contributed by atoms with E-state index in [1.807, 2.05) is 0 Å². The van der Waals surface area contributed by atoms with Crippen LogP contribution in [0, 0.1) is 15.9 Å². The van der Waals surface area contributed by atoms with Crippen LogP contribution >= 0.6 is 11.6 Å². The Morgan fingerprint density at radius 3 is 2.43 bits per heavy atom. The second-order valence-electron chi connectivity index (χ2n) is 6.11. The second kappa shape index (κ2) is 8.22. The van der Waals surface area contributed by atoms with E-state index in [1.54, 1.807) is 23.1 Å². The molecule has 0 unspecified atom stereocenters. The Bertz CT molecular complexity index is 932. The van der Waals surface area contributed by atoms with E-state index in [1.165, 1.54) is 23.1 Å². The van der Waals surface area contributed by atoms with Crippen LogP contribution in [0.4, 0.5) is 21.5 Å². The maximum Gasteiger partial charge on any atom is 0.313 e. The van der Waals surface area contributed by atoms with Crippen molar-refractivity contribution in [2.24, 2.45) is 0 Å². The first-order valence-corrected chi connectivity index (χ1v) is 8.78. The molecular formula is C18H16ClFN4O4. The molecule has 1 saturated heterocycles. The molecule has 146 valence electrons. The number of halogens is 2. The van der Waals surface area contributed by atoms with Crippen LogP contribution in [0.15, 0.2) is 42.5 Å². The standard InChI is InChI=1S/C18H16ClFN4O4/c19-13-6-5-12(11-16(13)24(27)28)21-17(25)18(26)23-9-7-22(8-10-23)15-4-2-1-3-14(15)20/h1-6,11H,7-10H2,(H,21,25). The van der Waals surface area contributed by atoms with Crippen molar-refractivity contribution in [3.63, 3.8) is 0 Å². The molecule has 28 heavy (non-hydrogen) atoms. The molecule has 0 spiro atoms. The quantitative estimate of drug-likeness (QED) is 0.480. The fourth-order valence-electron chi connectivity index (χ4n) is 2.92. The number of anilines is 2. The summed E-state index contributed by atoms with van der Waals surface area (Å²) in [7, 11) is 0. The van der Waals surface area contributed by atoms with Crippen LogP contribution in [-0.4, -0.2) is 47.8 Å². The lowest BCUT2D eigenvalue weighted by atomic mass is 10.2. The third-order valence-corrected chi connectivity index (χ3v) is 4.67. The van der Waals surface area contributed by atoms with Crippen LogP contribution in [0.1, 0.15) is 0 Å². The minimum absolute atomic E-state index is 0.0707. The lowest BCUT2D eigenvalue weighted by molar-refractivity contribution is -0.384. The predicted molar refractivity (Wildman–Crippen MR) is 102 cm³/mol. The molecule has 0 atom stereocenters. The molecule has 1 aliphatic rings. The molecule has 0 radical (unpaired) electrons. The Balaban J connectivity index is 1.61. The summed E-state index contributed by atoms with van der Waals surface area (Å²) in [5.41, 5.74) is 0.178. The average Bonchev–Trinajstić information content (AvgIpc) is 2.69. The van der Waals surface area contributed by atoms with Gasteiger partial charge in [-0.05, 0) is 24.3 Å². The minimum Gasteiger partial charge on any atom is -0.366 e. The first-order chi connectivity index (χ1) is 13.4. The van der Waals surface area contributed by atoms with Gasteiger partial charge in [0.05, 0.1) is 10.6 Å². The Labute approximate surface area is 164 Å². The van der Waals surface area contributed by atoms with Crippen LogP contribution in [-0.2, 0) is 9.59 Å². The summed E-state index contributed by atoms with van der Waals surface area (Å²) in [6, 6.07) is 10.1. The van der Waals surface area contributed by atoms with Crippen LogP contribution in [0.3, 0.4) is 0 Å². The van der Waals surface area contributed by atoms with Crippen LogP contribution in [0.2, 0.25) is 5.02 Å².